The van der Waals surface area contributed by atoms with Gasteiger partial charge in [-0.05, 0) is 6.42 Å². The van der Waals surface area contributed by atoms with Crippen molar-refractivity contribution in [2.45, 2.75) is 18.6 Å². The highest BCUT2D eigenvalue weighted by molar-refractivity contribution is 5.84. The van der Waals surface area contributed by atoms with Crippen molar-refractivity contribution in [3.63, 3.8) is 0 Å². The van der Waals surface area contributed by atoms with Gasteiger partial charge in [-0.15, -0.1) is 0 Å². The molecule has 0 radical (unpaired) electrons. The zero-order valence-corrected chi connectivity index (χ0v) is 13.1. The first-order chi connectivity index (χ1) is 10.9. The van der Waals surface area contributed by atoms with Gasteiger partial charge in [0.05, 0.1) is 25.9 Å². The third-order valence-electron chi connectivity index (χ3n) is 4.27. The lowest BCUT2D eigenvalue weighted by molar-refractivity contribution is -0.159. The number of morpholine rings is 1. The summed E-state index contributed by atoms with van der Waals surface area (Å²) in [5.41, 5.74) is 0. The fourth-order valence-electron chi connectivity index (χ4n) is 3.08. The van der Waals surface area contributed by atoms with E-state index in [-0.39, 0.29) is 13.2 Å². The van der Waals surface area contributed by atoms with E-state index in [1.54, 1.807) is 4.90 Å². The van der Waals surface area contributed by atoms with Crippen molar-refractivity contribution < 1.29 is 27.8 Å². The third-order valence-corrected chi connectivity index (χ3v) is 4.27. The standard InChI is InChI=1S/C14H24F3N3O3/c15-14(16,17)11-20-2-1-12(13(20)22)19(5-8-21)4-3-18-6-9-23-10-7-18/h12,21H,1-11H2/t12-/m1/s1. The first-order valence-electron chi connectivity index (χ1n) is 7.91. The van der Waals surface area contributed by atoms with E-state index in [2.05, 4.69) is 4.90 Å². The smallest absolute Gasteiger partial charge is 0.395 e. The number of hydrogen-bond donors (Lipinski definition) is 1. The fourth-order valence-corrected chi connectivity index (χ4v) is 3.08. The van der Waals surface area contributed by atoms with E-state index < -0.39 is 24.7 Å². The van der Waals surface area contributed by atoms with Crippen LogP contribution in [0.15, 0.2) is 0 Å². The molecule has 23 heavy (non-hydrogen) atoms. The minimum atomic E-state index is -4.37. The van der Waals surface area contributed by atoms with Crippen molar-refractivity contribution in [2.75, 3.05) is 65.6 Å². The lowest BCUT2D eigenvalue weighted by atomic mass is 10.2. The van der Waals surface area contributed by atoms with E-state index in [4.69, 9.17) is 4.74 Å². The van der Waals surface area contributed by atoms with Crippen LogP contribution in [0.1, 0.15) is 6.42 Å². The molecule has 1 atom stereocenters. The molecule has 2 aliphatic rings. The minimum Gasteiger partial charge on any atom is -0.395 e. The van der Waals surface area contributed by atoms with Gasteiger partial charge in [-0.1, -0.05) is 0 Å². The number of halogens is 3. The molecule has 0 bridgehead atoms. The van der Waals surface area contributed by atoms with Gasteiger partial charge in [0.1, 0.15) is 6.54 Å². The fraction of sp³-hybridized carbons (Fsp3) is 0.929. The zero-order chi connectivity index (χ0) is 16.9. The molecule has 134 valence electrons. The Kier molecular flexibility index (Phi) is 6.63. The lowest BCUT2D eigenvalue weighted by Crippen LogP contribution is -2.48. The summed E-state index contributed by atoms with van der Waals surface area (Å²) >= 11 is 0. The number of nitrogens with zero attached hydrogens (tertiary/aromatic N) is 3. The van der Waals surface area contributed by atoms with Crippen LogP contribution >= 0.6 is 0 Å². The highest BCUT2D eigenvalue weighted by Gasteiger charge is 2.41. The Labute approximate surface area is 133 Å². The second-order valence-electron chi connectivity index (χ2n) is 5.89. The van der Waals surface area contributed by atoms with Gasteiger partial charge in [0.15, 0.2) is 0 Å². The van der Waals surface area contributed by atoms with E-state index in [1.807, 2.05) is 0 Å². The molecular weight excluding hydrogens is 315 g/mol. The third kappa shape index (κ3) is 5.59. The van der Waals surface area contributed by atoms with E-state index >= 15 is 0 Å². The molecule has 0 aliphatic carbocycles. The normalized spacial score (nSPS) is 24.0. The number of aliphatic hydroxyl groups excluding tert-OH is 1. The van der Waals surface area contributed by atoms with Crippen molar-refractivity contribution in [3.8, 4) is 0 Å². The number of alkyl halides is 3. The maximum Gasteiger partial charge on any atom is 0.406 e. The molecule has 9 heteroatoms. The van der Waals surface area contributed by atoms with Crippen LogP contribution in [0.2, 0.25) is 0 Å². The van der Waals surface area contributed by atoms with Crippen LogP contribution < -0.4 is 0 Å². The molecule has 0 unspecified atom stereocenters. The molecule has 6 nitrogen and oxygen atoms in total. The van der Waals surface area contributed by atoms with Crippen LogP contribution in [-0.4, -0.2) is 104 Å². The van der Waals surface area contributed by atoms with Crippen LogP contribution in [0.5, 0.6) is 0 Å². The maximum absolute atomic E-state index is 12.5. The number of hydrogen-bond acceptors (Lipinski definition) is 5. The summed E-state index contributed by atoms with van der Waals surface area (Å²) in [5.74, 6) is -0.488. The Morgan fingerprint density at radius 1 is 1.22 bits per heavy atom. The molecule has 2 heterocycles. The Bertz CT molecular complexity index is 389. The molecular formula is C14H24F3N3O3. The highest BCUT2D eigenvalue weighted by atomic mass is 19.4. The molecule has 0 aromatic carbocycles. The van der Waals surface area contributed by atoms with Crippen molar-refractivity contribution in [1.29, 1.82) is 0 Å². The summed E-state index contributed by atoms with van der Waals surface area (Å²) in [5, 5.41) is 9.19. The van der Waals surface area contributed by atoms with E-state index in [0.717, 1.165) is 18.0 Å². The molecule has 0 saturated carbocycles. The average molecular weight is 339 g/mol. The van der Waals surface area contributed by atoms with Crippen LogP contribution in [0.3, 0.4) is 0 Å². The van der Waals surface area contributed by atoms with Gasteiger partial charge in [-0.3, -0.25) is 14.6 Å². The van der Waals surface area contributed by atoms with Crippen molar-refractivity contribution >= 4 is 5.91 Å². The molecule has 1 amide bonds. The second-order valence-corrected chi connectivity index (χ2v) is 5.89. The van der Waals surface area contributed by atoms with Gasteiger partial charge >= 0.3 is 6.18 Å². The summed E-state index contributed by atoms with van der Waals surface area (Å²) in [6, 6.07) is -0.564. The SMILES string of the molecule is O=C1[C@H](N(CCO)CCN2CCOCC2)CCN1CC(F)(F)F. The summed E-state index contributed by atoms with van der Waals surface area (Å²) in [6.07, 6.45) is -4.00. The van der Waals surface area contributed by atoms with Crippen LogP contribution in [0.25, 0.3) is 0 Å². The molecule has 2 fully saturated rings. The monoisotopic (exact) mass is 339 g/mol. The van der Waals surface area contributed by atoms with Crippen molar-refractivity contribution in [3.05, 3.63) is 0 Å². The number of ether oxygens (including phenoxy) is 1. The molecule has 0 aromatic rings. The topological polar surface area (TPSA) is 56.3 Å². The van der Waals surface area contributed by atoms with E-state index in [9.17, 15) is 23.1 Å². The summed E-state index contributed by atoms with van der Waals surface area (Å²) in [6.45, 7) is 3.32. The summed E-state index contributed by atoms with van der Waals surface area (Å²) in [7, 11) is 0. The highest BCUT2D eigenvalue weighted by Crippen LogP contribution is 2.23. The van der Waals surface area contributed by atoms with Gasteiger partial charge in [0.2, 0.25) is 5.91 Å². The maximum atomic E-state index is 12.5. The molecule has 0 aromatic heterocycles. The number of carbonyl (C=O) groups is 1. The zero-order valence-electron chi connectivity index (χ0n) is 13.1. The van der Waals surface area contributed by atoms with Gasteiger partial charge in [0.25, 0.3) is 0 Å². The summed E-state index contributed by atoms with van der Waals surface area (Å²) < 4.78 is 42.7. The Balaban J connectivity index is 1.88. The molecule has 2 aliphatic heterocycles. The number of carbonyl (C=O) groups excluding carboxylic acids is 1. The predicted molar refractivity (Wildman–Crippen MR) is 77.0 cm³/mol. The van der Waals surface area contributed by atoms with Gasteiger partial charge < -0.3 is 14.7 Å². The van der Waals surface area contributed by atoms with Crippen molar-refractivity contribution in [2.24, 2.45) is 0 Å². The molecule has 2 rings (SSSR count). The van der Waals surface area contributed by atoms with Gasteiger partial charge in [-0.2, -0.15) is 13.2 Å². The number of rotatable bonds is 7. The van der Waals surface area contributed by atoms with E-state index in [1.165, 1.54) is 0 Å². The number of likely N-dealkylation sites (tertiary alicyclic amines) is 1. The van der Waals surface area contributed by atoms with Crippen LogP contribution in [0, 0.1) is 0 Å². The number of amides is 1. The average Bonchev–Trinajstić information content (AvgIpc) is 2.84. The Morgan fingerprint density at radius 3 is 2.52 bits per heavy atom. The van der Waals surface area contributed by atoms with Crippen LogP contribution in [-0.2, 0) is 9.53 Å². The summed E-state index contributed by atoms with van der Waals surface area (Å²) in [4.78, 5) is 17.1. The predicted octanol–water partition coefficient (Wildman–Crippen LogP) is -0.224. The van der Waals surface area contributed by atoms with E-state index in [0.29, 0.717) is 39.3 Å². The quantitative estimate of drug-likeness (QED) is 0.695. The Hall–Kier alpha value is -0.900. The number of aliphatic hydroxyl groups is 1. The largest absolute Gasteiger partial charge is 0.406 e. The van der Waals surface area contributed by atoms with Gasteiger partial charge in [0, 0.05) is 39.3 Å². The first-order valence-corrected chi connectivity index (χ1v) is 7.91. The van der Waals surface area contributed by atoms with Crippen LogP contribution in [0.4, 0.5) is 13.2 Å². The first kappa shape index (κ1) is 18.4. The molecule has 2 saturated heterocycles. The minimum absolute atomic E-state index is 0.114. The van der Waals surface area contributed by atoms with Gasteiger partial charge in [-0.25, -0.2) is 0 Å². The lowest BCUT2D eigenvalue weighted by Gasteiger charge is -2.32. The molecule has 1 N–H and O–H groups in total. The second kappa shape index (κ2) is 8.27. The van der Waals surface area contributed by atoms with Crippen molar-refractivity contribution in [1.82, 2.24) is 14.7 Å². The Morgan fingerprint density at radius 2 is 1.91 bits per heavy atom. The molecule has 0 spiro atoms.